The summed E-state index contributed by atoms with van der Waals surface area (Å²) in [6.07, 6.45) is 2.89. The van der Waals surface area contributed by atoms with E-state index in [0.29, 0.717) is 25.8 Å². The minimum atomic E-state index is -1.09. The number of hydrogen-bond donors (Lipinski definition) is 1. The minimum Gasteiger partial charge on any atom is -0.466 e. The number of amides is 2. The van der Waals surface area contributed by atoms with E-state index in [1.165, 1.54) is 0 Å². The van der Waals surface area contributed by atoms with Crippen LogP contribution >= 0.6 is 0 Å². The van der Waals surface area contributed by atoms with Crippen LogP contribution in [0.2, 0.25) is 0 Å². The fourth-order valence-corrected chi connectivity index (χ4v) is 6.06. The Kier molecular flexibility index (Phi) is 7.30. The van der Waals surface area contributed by atoms with Gasteiger partial charge >= 0.3 is 5.97 Å². The van der Waals surface area contributed by atoms with E-state index >= 15 is 0 Å². The maximum Gasteiger partial charge on any atom is 0.312 e. The summed E-state index contributed by atoms with van der Waals surface area (Å²) in [7, 11) is 0. The zero-order valence-corrected chi connectivity index (χ0v) is 20.9. The van der Waals surface area contributed by atoms with Crippen molar-refractivity contribution in [1.29, 1.82) is 0 Å². The Morgan fingerprint density at radius 1 is 1.39 bits per heavy atom. The molecule has 0 saturated carbocycles. The van der Waals surface area contributed by atoms with Crippen LogP contribution < -0.4 is 0 Å². The van der Waals surface area contributed by atoms with Crippen LogP contribution in [0.3, 0.4) is 0 Å². The molecule has 0 aromatic heterocycles. The monoisotopic (exact) mass is 464 g/mol. The summed E-state index contributed by atoms with van der Waals surface area (Å²) in [5.74, 6) is -2.28. The number of carbonyl (C=O) groups is 3. The van der Waals surface area contributed by atoms with Crippen molar-refractivity contribution >= 4 is 17.8 Å². The molecule has 8 nitrogen and oxygen atoms in total. The van der Waals surface area contributed by atoms with Gasteiger partial charge < -0.3 is 24.4 Å². The van der Waals surface area contributed by atoms with Gasteiger partial charge in [-0.15, -0.1) is 6.58 Å². The molecule has 1 spiro atoms. The van der Waals surface area contributed by atoms with Crippen molar-refractivity contribution < 1.29 is 29.0 Å². The highest BCUT2D eigenvalue weighted by molar-refractivity contribution is 5.98. The van der Waals surface area contributed by atoms with Gasteiger partial charge in [-0.25, -0.2) is 0 Å². The molecular weight excluding hydrogens is 424 g/mol. The Hall–Kier alpha value is -1.93. The lowest BCUT2D eigenvalue weighted by molar-refractivity contribution is -0.157. The Balaban J connectivity index is 2.12. The lowest BCUT2D eigenvalue weighted by Gasteiger charge is -2.43. The van der Waals surface area contributed by atoms with Crippen LogP contribution in [0.5, 0.6) is 0 Å². The summed E-state index contributed by atoms with van der Waals surface area (Å²) in [6.45, 7) is 15.7. The summed E-state index contributed by atoms with van der Waals surface area (Å²) in [5, 5.41) is 10.3. The molecular formula is C25H40N2O6. The van der Waals surface area contributed by atoms with Crippen molar-refractivity contribution in [2.24, 2.45) is 17.8 Å². The third kappa shape index (κ3) is 4.20. The van der Waals surface area contributed by atoms with Crippen LogP contribution in [-0.2, 0) is 23.9 Å². The largest absolute Gasteiger partial charge is 0.466 e. The predicted molar refractivity (Wildman–Crippen MR) is 123 cm³/mol. The maximum atomic E-state index is 14.2. The Labute approximate surface area is 197 Å². The van der Waals surface area contributed by atoms with Gasteiger partial charge in [-0.3, -0.25) is 14.4 Å². The first kappa shape index (κ1) is 25.7. The molecule has 3 rings (SSSR count). The number of ether oxygens (including phenoxy) is 2. The molecule has 0 aromatic rings. The lowest BCUT2D eigenvalue weighted by atomic mass is 9.70. The second kappa shape index (κ2) is 9.37. The van der Waals surface area contributed by atoms with E-state index in [-0.39, 0.29) is 30.9 Å². The zero-order chi connectivity index (χ0) is 24.7. The van der Waals surface area contributed by atoms with Gasteiger partial charge in [0.15, 0.2) is 0 Å². The first-order valence-electron chi connectivity index (χ1n) is 12.1. The van der Waals surface area contributed by atoms with Gasteiger partial charge in [0.2, 0.25) is 11.8 Å². The Morgan fingerprint density at radius 2 is 2.06 bits per heavy atom. The number of carbonyl (C=O) groups excluding carboxylic acids is 3. The van der Waals surface area contributed by atoms with Crippen molar-refractivity contribution in [2.75, 3.05) is 19.8 Å². The average Bonchev–Trinajstić information content (AvgIpc) is 3.36. The number of fused-ring (bicyclic) bond motifs is 1. The number of likely N-dealkylation sites (tertiary alicyclic amines) is 1. The molecule has 8 heteroatoms. The molecule has 3 fully saturated rings. The van der Waals surface area contributed by atoms with Crippen LogP contribution in [0.25, 0.3) is 0 Å². The average molecular weight is 465 g/mol. The molecule has 6 atom stereocenters. The molecule has 3 heterocycles. The SMILES string of the molecule is C=CCN(C(=O)[C@H]1N([C@@H](CO)CC(C)C)C(=O)[C@@H]2[C@@H](C(=O)OCC)[C@H]3CC[C@]21O3)C(C)(C)C. The van der Waals surface area contributed by atoms with E-state index in [1.54, 1.807) is 22.8 Å². The highest BCUT2D eigenvalue weighted by atomic mass is 16.6. The van der Waals surface area contributed by atoms with Gasteiger partial charge in [0, 0.05) is 12.1 Å². The highest BCUT2D eigenvalue weighted by Crippen LogP contribution is 2.59. The molecule has 3 aliphatic heterocycles. The molecule has 186 valence electrons. The first-order valence-corrected chi connectivity index (χ1v) is 12.1. The van der Waals surface area contributed by atoms with Crippen molar-refractivity contribution in [3.63, 3.8) is 0 Å². The van der Waals surface area contributed by atoms with Crippen LogP contribution in [0, 0.1) is 17.8 Å². The van der Waals surface area contributed by atoms with E-state index < -0.39 is 47.1 Å². The standard InChI is InChI=1S/C25H40N2O6/c1-8-12-26(24(5,6)7)22(30)20-25-11-10-17(33-25)18(23(31)32-9-2)19(25)21(29)27(20)16(14-28)13-15(3)4/h8,15-20,28H,1,9-14H2,2-7H3/t16-,17-,18+,19+,20-,25+/m1/s1. The van der Waals surface area contributed by atoms with Crippen LogP contribution in [0.15, 0.2) is 12.7 Å². The van der Waals surface area contributed by atoms with Gasteiger partial charge in [-0.1, -0.05) is 19.9 Å². The number of nitrogens with zero attached hydrogens (tertiary/aromatic N) is 2. The summed E-state index contributed by atoms with van der Waals surface area (Å²) in [5.41, 5.74) is -1.61. The van der Waals surface area contributed by atoms with E-state index in [1.807, 2.05) is 34.6 Å². The number of aliphatic hydroxyl groups excluding tert-OH is 1. The fraction of sp³-hybridized carbons (Fsp3) is 0.800. The second-order valence-corrected chi connectivity index (χ2v) is 10.9. The molecule has 0 aliphatic carbocycles. The summed E-state index contributed by atoms with van der Waals surface area (Å²) >= 11 is 0. The van der Waals surface area contributed by atoms with Gasteiger partial charge in [0.05, 0.1) is 37.2 Å². The molecule has 3 saturated heterocycles. The van der Waals surface area contributed by atoms with E-state index in [9.17, 15) is 19.5 Å². The predicted octanol–water partition coefficient (Wildman–Crippen LogP) is 2.14. The van der Waals surface area contributed by atoms with Crippen molar-refractivity contribution in [3.8, 4) is 0 Å². The molecule has 2 amide bonds. The molecule has 3 aliphatic rings. The number of aliphatic hydroxyl groups is 1. The Bertz CT molecular complexity index is 790. The minimum absolute atomic E-state index is 0.202. The highest BCUT2D eigenvalue weighted by Gasteiger charge is 2.75. The third-order valence-electron chi connectivity index (χ3n) is 7.27. The number of hydrogen-bond acceptors (Lipinski definition) is 6. The topological polar surface area (TPSA) is 96.4 Å². The van der Waals surface area contributed by atoms with Gasteiger partial charge in [0.1, 0.15) is 11.6 Å². The molecule has 2 bridgehead atoms. The zero-order valence-electron chi connectivity index (χ0n) is 20.9. The Morgan fingerprint density at radius 3 is 2.58 bits per heavy atom. The molecule has 0 radical (unpaired) electrons. The third-order valence-corrected chi connectivity index (χ3v) is 7.27. The lowest BCUT2D eigenvalue weighted by Crippen LogP contribution is -2.61. The summed E-state index contributed by atoms with van der Waals surface area (Å²) in [6, 6.07) is -1.45. The van der Waals surface area contributed by atoms with Crippen molar-refractivity contribution in [3.05, 3.63) is 12.7 Å². The molecule has 33 heavy (non-hydrogen) atoms. The van der Waals surface area contributed by atoms with Crippen molar-refractivity contribution in [2.45, 2.75) is 90.1 Å². The van der Waals surface area contributed by atoms with Crippen molar-refractivity contribution in [1.82, 2.24) is 9.80 Å². The van der Waals surface area contributed by atoms with Gasteiger partial charge in [-0.05, 0) is 52.9 Å². The quantitative estimate of drug-likeness (QED) is 0.415. The normalized spacial score (nSPS) is 31.6. The smallest absolute Gasteiger partial charge is 0.312 e. The van der Waals surface area contributed by atoms with E-state index in [2.05, 4.69) is 6.58 Å². The summed E-state index contributed by atoms with van der Waals surface area (Å²) in [4.78, 5) is 44.3. The second-order valence-electron chi connectivity index (χ2n) is 10.9. The van der Waals surface area contributed by atoms with Crippen LogP contribution in [0.1, 0.15) is 60.8 Å². The fourth-order valence-electron chi connectivity index (χ4n) is 6.06. The number of rotatable bonds is 9. The van der Waals surface area contributed by atoms with Gasteiger partial charge in [0.25, 0.3) is 0 Å². The first-order chi connectivity index (χ1) is 15.4. The molecule has 1 N–H and O–H groups in total. The van der Waals surface area contributed by atoms with Crippen LogP contribution in [0.4, 0.5) is 0 Å². The maximum absolute atomic E-state index is 14.2. The van der Waals surface area contributed by atoms with Gasteiger partial charge in [-0.2, -0.15) is 0 Å². The van der Waals surface area contributed by atoms with E-state index in [4.69, 9.17) is 9.47 Å². The van der Waals surface area contributed by atoms with E-state index in [0.717, 1.165) is 0 Å². The molecule has 0 aromatic carbocycles. The number of esters is 1. The molecule has 0 unspecified atom stereocenters. The van der Waals surface area contributed by atoms with Crippen LogP contribution in [-0.4, -0.2) is 81.8 Å². The summed E-state index contributed by atoms with van der Waals surface area (Å²) < 4.78 is 11.7.